The number of aliphatic hydroxyl groups is 3. The molecule has 0 aromatic carbocycles. The molecule has 0 aromatic heterocycles. The highest BCUT2D eigenvalue weighted by atomic mass is 16.7. The normalized spacial score (nSPS) is 47.3. The maximum absolute atomic E-state index is 13.0. The highest BCUT2D eigenvalue weighted by Crippen LogP contribution is 2.66. The van der Waals surface area contributed by atoms with E-state index in [2.05, 4.69) is 19.9 Å². The van der Waals surface area contributed by atoms with Crippen molar-refractivity contribution in [1.29, 1.82) is 0 Å². The summed E-state index contributed by atoms with van der Waals surface area (Å²) in [5.41, 5.74) is 1.22. The molecule has 39 heavy (non-hydrogen) atoms. The first-order valence-corrected chi connectivity index (χ1v) is 14.3. The first-order chi connectivity index (χ1) is 18.4. The number of Topliss-reactive ketones (excluding diaryl/α,β-unsaturated/α-hetero) is 1. The molecule has 218 valence electrons. The van der Waals surface area contributed by atoms with Gasteiger partial charge in [0.25, 0.3) is 0 Å². The minimum Gasteiger partial charge on any atom is -0.479 e. The van der Waals surface area contributed by atoms with Gasteiger partial charge in [-0.1, -0.05) is 25.5 Å². The number of aliphatic carboxylic acids is 1. The zero-order valence-electron chi connectivity index (χ0n) is 23.0. The number of carbonyl (C=O) groups is 3. The Balaban J connectivity index is 1.27. The predicted octanol–water partition coefficient (Wildman–Crippen LogP) is 1.97. The van der Waals surface area contributed by atoms with Crippen molar-refractivity contribution in [3.05, 3.63) is 11.6 Å². The molecule has 1 unspecified atom stereocenters. The lowest BCUT2D eigenvalue weighted by molar-refractivity contribution is -0.306. The van der Waals surface area contributed by atoms with Crippen LogP contribution in [0.4, 0.5) is 0 Å². The maximum Gasteiger partial charge on any atom is 0.335 e. The van der Waals surface area contributed by atoms with Crippen LogP contribution in [0, 0.1) is 34.5 Å². The Morgan fingerprint density at radius 1 is 1.00 bits per heavy atom. The summed E-state index contributed by atoms with van der Waals surface area (Å²) in [5, 5.41) is 39.8. The van der Waals surface area contributed by atoms with Gasteiger partial charge in [0.1, 0.15) is 24.9 Å². The van der Waals surface area contributed by atoms with Crippen molar-refractivity contribution in [2.45, 2.75) is 109 Å². The highest BCUT2D eigenvalue weighted by Gasteiger charge is 2.60. The van der Waals surface area contributed by atoms with Gasteiger partial charge in [0.15, 0.2) is 18.2 Å². The van der Waals surface area contributed by atoms with E-state index >= 15 is 0 Å². The van der Waals surface area contributed by atoms with Gasteiger partial charge in [0.2, 0.25) is 0 Å². The van der Waals surface area contributed by atoms with E-state index in [1.807, 2.05) is 0 Å². The third kappa shape index (κ3) is 4.86. The highest BCUT2D eigenvalue weighted by molar-refractivity contribution is 5.85. The van der Waals surface area contributed by atoms with Gasteiger partial charge in [-0.25, -0.2) is 4.79 Å². The first kappa shape index (κ1) is 28.7. The SMILES string of the molecule is CC(=O)OCC(=O)[C@H]1CC[C@H]2[C@@H]3CC=C4C[C@@H](OC5O[C@H](C(=O)O)[C@@H](O)[C@@H](O)[C@H]5O)CC[C@]4(C)[C@H]3CC[C@]12C. The topological polar surface area (TPSA) is 160 Å². The van der Waals surface area contributed by atoms with E-state index in [4.69, 9.17) is 14.2 Å². The lowest BCUT2D eigenvalue weighted by Gasteiger charge is -2.58. The first-order valence-electron chi connectivity index (χ1n) is 14.3. The Hall–Kier alpha value is -1.85. The quantitative estimate of drug-likeness (QED) is 0.284. The molecule has 1 heterocycles. The molecule has 1 saturated heterocycles. The summed E-state index contributed by atoms with van der Waals surface area (Å²) >= 11 is 0. The fourth-order valence-electron chi connectivity index (χ4n) is 8.90. The van der Waals surface area contributed by atoms with E-state index < -0.39 is 42.6 Å². The van der Waals surface area contributed by atoms with Gasteiger partial charge in [-0.2, -0.15) is 0 Å². The van der Waals surface area contributed by atoms with Crippen LogP contribution in [-0.2, 0) is 28.6 Å². The molecule has 0 radical (unpaired) electrons. The zero-order chi connectivity index (χ0) is 28.3. The summed E-state index contributed by atoms with van der Waals surface area (Å²) in [4.78, 5) is 35.7. The second-order valence-electron chi connectivity index (χ2n) is 12.9. The number of ketones is 1. The third-order valence-corrected chi connectivity index (χ3v) is 11.0. The van der Waals surface area contributed by atoms with E-state index in [0.717, 1.165) is 38.5 Å². The molecule has 5 aliphatic rings. The molecule has 4 aliphatic carbocycles. The second kappa shape index (κ2) is 10.5. The Morgan fingerprint density at radius 2 is 1.74 bits per heavy atom. The molecular weight excluding hydrogens is 508 g/mol. The largest absolute Gasteiger partial charge is 0.479 e. The van der Waals surface area contributed by atoms with Gasteiger partial charge < -0.3 is 34.6 Å². The molecule has 4 N–H and O–H groups in total. The Morgan fingerprint density at radius 3 is 2.44 bits per heavy atom. The van der Waals surface area contributed by atoms with Crippen molar-refractivity contribution in [2.75, 3.05) is 6.61 Å². The molecule has 1 aliphatic heterocycles. The molecule has 12 atom stereocenters. The number of allylic oxidation sites excluding steroid dienone is 1. The Bertz CT molecular complexity index is 1030. The third-order valence-electron chi connectivity index (χ3n) is 11.0. The van der Waals surface area contributed by atoms with Crippen molar-refractivity contribution in [3.63, 3.8) is 0 Å². The van der Waals surface area contributed by atoms with E-state index in [1.165, 1.54) is 12.5 Å². The van der Waals surface area contributed by atoms with Crippen LogP contribution in [0.3, 0.4) is 0 Å². The number of carbonyl (C=O) groups excluding carboxylic acids is 2. The minimum absolute atomic E-state index is 0.00467. The van der Waals surface area contributed by atoms with Gasteiger partial charge in [0, 0.05) is 12.8 Å². The molecule has 0 spiro atoms. The van der Waals surface area contributed by atoms with Gasteiger partial charge in [-0.15, -0.1) is 0 Å². The lowest BCUT2D eigenvalue weighted by atomic mass is 9.47. The number of rotatable bonds is 6. The molecule has 10 heteroatoms. The summed E-state index contributed by atoms with van der Waals surface area (Å²) in [6.45, 7) is 5.78. The van der Waals surface area contributed by atoms with Crippen LogP contribution in [0.15, 0.2) is 11.6 Å². The molecule has 4 fully saturated rings. The average Bonchev–Trinajstić information content (AvgIpc) is 3.24. The molecular formula is C29H42O10. The smallest absolute Gasteiger partial charge is 0.335 e. The van der Waals surface area contributed by atoms with Crippen LogP contribution in [-0.4, -0.2) is 81.6 Å². The number of fused-ring (bicyclic) bond motifs is 5. The van der Waals surface area contributed by atoms with Crippen molar-refractivity contribution >= 4 is 17.7 Å². The van der Waals surface area contributed by atoms with E-state index in [-0.39, 0.29) is 35.2 Å². The van der Waals surface area contributed by atoms with Crippen LogP contribution >= 0.6 is 0 Å². The van der Waals surface area contributed by atoms with E-state index in [1.54, 1.807) is 0 Å². The minimum atomic E-state index is -1.74. The summed E-state index contributed by atoms with van der Waals surface area (Å²) in [6, 6.07) is 0. The predicted molar refractivity (Wildman–Crippen MR) is 136 cm³/mol. The molecule has 0 aromatic rings. The standard InChI is InChI=1S/C29H42O10/c1-14(30)37-13-21(31)20-7-6-18-17-5-4-15-12-16(8-10-28(15,2)19(17)9-11-29(18,20)3)38-27-24(34)22(32)23(33)25(39-27)26(35)36/h4,16-20,22-25,27,32-34H,5-13H2,1-3H3,(H,35,36)/t16-,17-,18-,19-,20+,22+,23-,24+,25-,27?,28-,29-/m0/s1. The second-order valence-corrected chi connectivity index (χ2v) is 12.9. The van der Waals surface area contributed by atoms with Gasteiger partial charge in [-0.3, -0.25) is 9.59 Å². The van der Waals surface area contributed by atoms with Crippen molar-refractivity contribution in [3.8, 4) is 0 Å². The van der Waals surface area contributed by atoms with Crippen molar-refractivity contribution in [2.24, 2.45) is 34.5 Å². The summed E-state index contributed by atoms with van der Waals surface area (Å²) in [6.07, 6.45) is 1.02. The van der Waals surface area contributed by atoms with E-state index in [0.29, 0.717) is 30.6 Å². The van der Waals surface area contributed by atoms with Crippen molar-refractivity contribution < 1.29 is 49.0 Å². The van der Waals surface area contributed by atoms with Crippen LogP contribution in [0.25, 0.3) is 0 Å². The van der Waals surface area contributed by atoms with E-state index in [9.17, 15) is 34.8 Å². The number of ether oxygens (including phenoxy) is 3. The van der Waals surface area contributed by atoms with Crippen LogP contribution in [0.5, 0.6) is 0 Å². The summed E-state index contributed by atoms with van der Waals surface area (Å²) in [5.74, 6) is -0.468. The fraction of sp³-hybridized carbons (Fsp3) is 0.828. The van der Waals surface area contributed by atoms with Gasteiger partial charge >= 0.3 is 11.9 Å². The van der Waals surface area contributed by atoms with Crippen molar-refractivity contribution in [1.82, 2.24) is 0 Å². The molecule has 10 nitrogen and oxygen atoms in total. The number of carboxylic acids is 1. The Labute approximate surface area is 228 Å². The maximum atomic E-state index is 13.0. The molecule has 0 bridgehead atoms. The van der Waals surface area contributed by atoms with Crippen LogP contribution in [0.1, 0.15) is 72.1 Å². The molecule has 5 rings (SSSR count). The number of carboxylic acid groups (broad SMARTS) is 1. The Kier molecular flexibility index (Phi) is 7.74. The van der Waals surface area contributed by atoms with Crippen LogP contribution in [0.2, 0.25) is 0 Å². The molecule has 0 amide bonds. The number of aliphatic hydroxyl groups excluding tert-OH is 3. The fourth-order valence-corrected chi connectivity index (χ4v) is 8.90. The summed E-state index contributed by atoms with van der Waals surface area (Å²) in [7, 11) is 0. The van der Waals surface area contributed by atoms with Gasteiger partial charge in [-0.05, 0) is 80.0 Å². The monoisotopic (exact) mass is 550 g/mol. The van der Waals surface area contributed by atoms with Crippen LogP contribution < -0.4 is 0 Å². The zero-order valence-corrected chi connectivity index (χ0v) is 23.0. The lowest BCUT2D eigenvalue weighted by Crippen LogP contribution is -2.61. The molecule has 3 saturated carbocycles. The number of esters is 1. The van der Waals surface area contributed by atoms with Gasteiger partial charge in [0.05, 0.1) is 6.10 Å². The number of hydrogen-bond acceptors (Lipinski definition) is 9. The number of hydrogen-bond donors (Lipinski definition) is 4. The average molecular weight is 551 g/mol. The summed E-state index contributed by atoms with van der Waals surface area (Å²) < 4.78 is 16.4.